The first kappa shape index (κ1) is 10.2. The Bertz CT molecular complexity index is 582. The largest absolute Gasteiger partial charge is 0.423 e. The third-order valence-corrected chi connectivity index (χ3v) is 1.93. The van der Waals surface area contributed by atoms with E-state index in [0.29, 0.717) is 5.58 Å². The Kier molecular flexibility index (Phi) is 3.13. The monoisotopic (exact) mass is 214 g/mol. The van der Waals surface area contributed by atoms with Crippen LogP contribution >= 0.6 is 0 Å². The molecule has 2 aromatic heterocycles. The maximum atomic E-state index is 10.7. The molecule has 80 valence electrons. The van der Waals surface area contributed by atoms with Gasteiger partial charge < -0.3 is 4.42 Å². The number of aromatic amines is 1. The first-order valence-corrected chi connectivity index (χ1v) is 4.79. The number of hydrogen-bond donors (Lipinski definition) is 1. The SMILES string of the molecule is O=c1ccc2ccccc2o1.c1cn[nH]c1. The van der Waals surface area contributed by atoms with E-state index in [2.05, 4.69) is 10.2 Å². The Hall–Kier alpha value is -2.36. The molecule has 3 rings (SSSR count). The van der Waals surface area contributed by atoms with Gasteiger partial charge in [-0.05, 0) is 18.2 Å². The first-order chi connectivity index (χ1) is 7.86. The molecule has 4 nitrogen and oxygen atoms in total. The zero-order chi connectivity index (χ0) is 11.2. The third kappa shape index (κ3) is 2.57. The zero-order valence-electron chi connectivity index (χ0n) is 8.46. The van der Waals surface area contributed by atoms with Gasteiger partial charge in [-0.2, -0.15) is 5.10 Å². The highest BCUT2D eigenvalue weighted by molar-refractivity contribution is 5.75. The Balaban J connectivity index is 0.000000162. The van der Waals surface area contributed by atoms with Crippen LogP contribution in [0.25, 0.3) is 11.0 Å². The molecule has 0 bridgehead atoms. The molecular weight excluding hydrogens is 204 g/mol. The molecule has 0 saturated heterocycles. The van der Waals surface area contributed by atoms with Crippen molar-refractivity contribution < 1.29 is 4.42 Å². The molecule has 1 N–H and O–H groups in total. The highest BCUT2D eigenvalue weighted by atomic mass is 16.4. The molecule has 0 fully saturated rings. The summed E-state index contributed by atoms with van der Waals surface area (Å²) in [6.45, 7) is 0. The van der Waals surface area contributed by atoms with Crippen LogP contribution in [0.5, 0.6) is 0 Å². The second-order valence-corrected chi connectivity index (χ2v) is 3.06. The van der Waals surface area contributed by atoms with E-state index in [1.165, 1.54) is 6.07 Å². The van der Waals surface area contributed by atoms with Crippen molar-refractivity contribution in [3.05, 3.63) is 65.3 Å². The smallest absolute Gasteiger partial charge is 0.336 e. The number of para-hydroxylation sites is 1. The highest BCUT2D eigenvalue weighted by Gasteiger charge is 1.92. The minimum absolute atomic E-state index is 0.302. The van der Waals surface area contributed by atoms with Crippen molar-refractivity contribution in [3.8, 4) is 0 Å². The molecule has 16 heavy (non-hydrogen) atoms. The van der Waals surface area contributed by atoms with Gasteiger partial charge in [0.25, 0.3) is 0 Å². The molecule has 0 amide bonds. The summed E-state index contributed by atoms with van der Waals surface area (Å²) in [4.78, 5) is 10.7. The number of fused-ring (bicyclic) bond motifs is 1. The molecule has 4 heteroatoms. The van der Waals surface area contributed by atoms with Crippen molar-refractivity contribution in [1.82, 2.24) is 10.2 Å². The summed E-state index contributed by atoms with van der Waals surface area (Å²) >= 11 is 0. The van der Waals surface area contributed by atoms with Crippen molar-refractivity contribution in [2.75, 3.05) is 0 Å². The van der Waals surface area contributed by atoms with Crippen LogP contribution < -0.4 is 5.63 Å². The van der Waals surface area contributed by atoms with Crippen LogP contribution in [0.1, 0.15) is 0 Å². The predicted octanol–water partition coefficient (Wildman–Crippen LogP) is 2.20. The van der Waals surface area contributed by atoms with Gasteiger partial charge in [0.2, 0.25) is 0 Å². The molecular formula is C12H10N2O2. The number of benzene rings is 1. The standard InChI is InChI=1S/C9H6O2.C3H4N2/c10-9-6-5-7-3-1-2-4-8(7)11-9;1-2-4-5-3-1/h1-6H;1-3H,(H,4,5). The lowest BCUT2D eigenvalue weighted by Crippen LogP contribution is -1.93. The van der Waals surface area contributed by atoms with Gasteiger partial charge in [-0.15, -0.1) is 0 Å². The fourth-order valence-electron chi connectivity index (χ4n) is 1.23. The molecule has 0 spiro atoms. The number of hydrogen-bond acceptors (Lipinski definition) is 3. The first-order valence-electron chi connectivity index (χ1n) is 4.79. The fourth-order valence-corrected chi connectivity index (χ4v) is 1.23. The number of rotatable bonds is 0. The van der Waals surface area contributed by atoms with Crippen LogP contribution in [-0.4, -0.2) is 10.2 Å². The van der Waals surface area contributed by atoms with E-state index >= 15 is 0 Å². The molecule has 3 aromatic rings. The van der Waals surface area contributed by atoms with Crippen LogP contribution in [0.15, 0.2) is 64.1 Å². The van der Waals surface area contributed by atoms with Gasteiger partial charge in [-0.25, -0.2) is 4.79 Å². The Morgan fingerprint density at radius 1 is 1.06 bits per heavy atom. The van der Waals surface area contributed by atoms with E-state index in [-0.39, 0.29) is 5.63 Å². The van der Waals surface area contributed by atoms with Gasteiger partial charge in [0.15, 0.2) is 0 Å². The summed E-state index contributed by atoms with van der Waals surface area (Å²) in [6.07, 6.45) is 3.46. The third-order valence-electron chi connectivity index (χ3n) is 1.93. The molecule has 2 heterocycles. The van der Waals surface area contributed by atoms with E-state index < -0.39 is 0 Å². The summed E-state index contributed by atoms with van der Waals surface area (Å²) < 4.78 is 4.91. The van der Waals surface area contributed by atoms with Crippen molar-refractivity contribution in [2.45, 2.75) is 0 Å². The number of H-pyrrole nitrogens is 1. The minimum Gasteiger partial charge on any atom is -0.423 e. The van der Waals surface area contributed by atoms with E-state index in [4.69, 9.17) is 4.42 Å². The lowest BCUT2D eigenvalue weighted by Gasteiger charge is -1.91. The summed E-state index contributed by atoms with van der Waals surface area (Å²) in [6, 6.07) is 12.4. The van der Waals surface area contributed by atoms with Gasteiger partial charge in [0.05, 0.1) is 0 Å². The van der Waals surface area contributed by atoms with Gasteiger partial charge in [0.1, 0.15) is 5.58 Å². The van der Waals surface area contributed by atoms with E-state index in [0.717, 1.165) is 5.39 Å². The van der Waals surface area contributed by atoms with Gasteiger partial charge in [-0.3, -0.25) is 5.10 Å². The van der Waals surface area contributed by atoms with Crippen molar-refractivity contribution >= 4 is 11.0 Å². The average Bonchev–Trinajstić information content (AvgIpc) is 2.87. The van der Waals surface area contributed by atoms with E-state index in [1.807, 2.05) is 24.3 Å². The Morgan fingerprint density at radius 2 is 1.94 bits per heavy atom. The lowest BCUT2D eigenvalue weighted by molar-refractivity contribution is 0.561. The topological polar surface area (TPSA) is 58.9 Å². The second-order valence-electron chi connectivity index (χ2n) is 3.06. The summed E-state index contributed by atoms with van der Waals surface area (Å²) in [5, 5.41) is 7.16. The fraction of sp³-hybridized carbons (Fsp3) is 0. The van der Waals surface area contributed by atoms with Crippen LogP contribution in [0, 0.1) is 0 Å². The lowest BCUT2D eigenvalue weighted by atomic mass is 10.2. The van der Waals surface area contributed by atoms with E-state index in [9.17, 15) is 4.79 Å². The van der Waals surface area contributed by atoms with Gasteiger partial charge in [0, 0.05) is 23.8 Å². The van der Waals surface area contributed by atoms with Crippen molar-refractivity contribution in [3.63, 3.8) is 0 Å². The molecule has 0 atom stereocenters. The summed E-state index contributed by atoms with van der Waals surface area (Å²) in [5.41, 5.74) is 0.337. The molecule has 0 aliphatic heterocycles. The normalized spacial score (nSPS) is 9.50. The molecule has 0 aliphatic rings. The van der Waals surface area contributed by atoms with Crippen molar-refractivity contribution in [1.29, 1.82) is 0 Å². The molecule has 0 unspecified atom stereocenters. The van der Waals surface area contributed by atoms with Crippen LogP contribution in [0.3, 0.4) is 0 Å². The molecule has 0 radical (unpaired) electrons. The van der Waals surface area contributed by atoms with E-state index in [1.54, 1.807) is 24.5 Å². The quantitative estimate of drug-likeness (QED) is 0.583. The number of aromatic nitrogens is 2. The summed E-state index contributed by atoms with van der Waals surface area (Å²) in [5.74, 6) is 0. The second kappa shape index (κ2) is 4.93. The Morgan fingerprint density at radius 3 is 2.62 bits per heavy atom. The Labute approximate surface area is 91.5 Å². The summed E-state index contributed by atoms with van der Waals surface area (Å²) in [7, 11) is 0. The van der Waals surface area contributed by atoms with Gasteiger partial charge >= 0.3 is 5.63 Å². The zero-order valence-corrected chi connectivity index (χ0v) is 8.46. The molecule has 0 aliphatic carbocycles. The van der Waals surface area contributed by atoms with Crippen LogP contribution in [0.4, 0.5) is 0 Å². The molecule has 1 aromatic carbocycles. The average molecular weight is 214 g/mol. The minimum atomic E-state index is -0.302. The van der Waals surface area contributed by atoms with Crippen molar-refractivity contribution in [2.24, 2.45) is 0 Å². The van der Waals surface area contributed by atoms with Gasteiger partial charge in [-0.1, -0.05) is 18.2 Å². The van der Waals surface area contributed by atoms with Crippen LogP contribution in [0.2, 0.25) is 0 Å². The number of nitrogens with zero attached hydrogens (tertiary/aromatic N) is 1. The van der Waals surface area contributed by atoms with Crippen LogP contribution in [-0.2, 0) is 0 Å². The maximum Gasteiger partial charge on any atom is 0.336 e. The maximum absolute atomic E-state index is 10.7. The molecule has 0 saturated carbocycles. The highest BCUT2D eigenvalue weighted by Crippen LogP contribution is 2.08. The number of nitrogens with one attached hydrogen (secondary N) is 1. The predicted molar refractivity (Wildman–Crippen MR) is 61.1 cm³/mol.